The fourth-order valence-corrected chi connectivity index (χ4v) is 1.38. The number of hydrogen-bond donors (Lipinski definition) is 2. The molecular formula is C9H12N2O6. The number of nitrogens with one attached hydrogen (secondary N) is 1. The summed E-state index contributed by atoms with van der Waals surface area (Å²) >= 11 is 0. The monoisotopic (exact) mass is 244 g/mol. The van der Waals surface area contributed by atoms with E-state index in [1.54, 1.807) is 6.92 Å². The first kappa shape index (κ1) is 12.9. The Morgan fingerprint density at radius 1 is 1.47 bits per heavy atom. The lowest BCUT2D eigenvalue weighted by molar-refractivity contribution is -0.147. The van der Waals surface area contributed by atoms with Crippen molar-refractivity contribution in [3.8, 4) is 0 Å². The lowest BCUT2D eigenvalue weighted by Crippen LogP contribution is -2.37. The number of esters is 1. The SMILES string of the molecule is CCOC(=O)CN1C(=O)N[C@@H](CC(=O)O)C1=O. The predicted molar refractivity (Wildman–Crippen MR) is 52.9 cm³/mol. The van der Waals surface area contributed by atoms with Gasteiger partial charge in [0.1, 0.15) is 12.6 Å². The van der Waals surface area contributed by atoms with E-state index in [4.69, 9.17) is 5.11 Å². The first-order valence-corrected chi connectivity index (χ1v) is 4.95. The highest BCUT2D eigenvalue weighted by Gasteiger charge is 2.40. The second-order valence-corrected chi connectivity index (χ2v) is 3.33. The van der Waals surface area contributed by atoms with Crippen LogP contribution in [-0.4, -0.2) is 53.1 Å². The Balaban J connectivity index is 2.62. The van der Waals surface area contributed by atoms with Gasteiger partial charge in [-0.1, -0.05) is 0 Å². The van der Waals surface area contributed by atoms with Crippen molar-refractivity contribution >= 4 is 23.9 Å². The van der Waals surface area contributed by atoms with Crippen LogP contribution in [-0.2, 0) is 19.1 Å². The zero-order valence-electron chi connectivity index (χ0n) is 9.13. The van der Waals surface area contributed by atoms with Crippen LogP contribution in [0.25, 0.3) is 0 Å². The average Bonchev–Trinajstić information content (AvgIpc) is 2.45. The summed E-state index contributed by atoms with van der Waals surface area (Å²) in [7, 11) is 0. The topological polar surface area (TPSA) is 113 Å². The number of amides is 3. The minimum atomic E-state index is -1.21. The molecule has 0 aliphatic carbocycles. The predicted octanol–water partition coefficient (Wildman–Crippen LogP) is -1.06. The molecule has 1 fully saturated rings. The fourth-order valence-electron chi connectivity index (χ4n) is 1.38. The van der Waals surface area contributed by atoms with Crippen molar-refractivity contribution < 1.29 is 29.0 Å². The summed E-state index contributed by atoms with van der Waals surface area (Å²) in [4.78, 5) is 45.0. The Morgan fingerprint density at radius 2 is 2.12 bits per heavy atom. The number of carboxylic acid groups (broad SMARTS) is 1. The molecule has 0 aromatic rings. The van der Waals surface area contributed by atoms with E-state index in [9.17, 15) is 19.2 Å². The normalized spacial score (nSPS) is 19.1. The molecule has 0 aromatic carbocycles. The first-order valence-electron chi connectivity index (χ1n) is 4.95. The minimum Gasteiger partial charge on any atom is -0.481 e. The number of nitrogens with zero attached hydrogens (tertiary/aromatic N) is 1. The van der Waals surface area contributed by atoms with Crippen LogP contribution in [0.3, 0.4) is 0 Å². The second kappa shape index (κ2) is 5.28. The highest BCUT2D eigenvalue weighted by atomic mass is 16.5. The van der Waals surface area contributed by atoms with E-state index in [1.165, 1.54) is 0 Å². The van der Waals surface area contributed by atoms with Gasteiger partial charge in [0, 0.05) is 0 Å². The molecule has 8 nitrogen and oxygen atoms in total. The van der Waals surface area contributed by atoms with Crippen molar-refractivity contribution in [2.45, 2.75) is 19.4 Å². The molecule has 0 bridgehead atoms. The van der Waals surface area contributed by atoms with E-state index in [2.05, 4.69) is 10.1 Å². The van der Waals surface area contributed by atoms with Crippen molar-refractivity contribution in [2.24, 2.45) is 0 Å². The smallest absolute Gasteiger partial charge is 0.326 e. The quantitative estimate of drug-likeness (QED) is 0.471. The Hall–Kier alpha value is -2.12. The number of carbonyl (C=O) groups excluding carboxylic acids is 3. The maximum absolute atomic E-state index is 11.6. The van der Waals surface area contributed by atoms with Crippen molar-refractivity contribution in [1.82, 2.24) is 10.2 Å². The molecule has 17 heavy (non-hydrogen) atoms. The Labute approximate surface area is 96.5 Å². The molecule has 1 heterocycles. The number of carboxylic acids is 1. The third-order valence-corrected chi connectivity index (χ3v) is 2.08. The van der Waals surface area contributed by atoms with Crippen LogP contribution < -0.4 is 5.32 Å². The van der Waals surface area contributed by atoms with Gasteiger partial charge in [0.2, 0.25) is 0 Å². The van der Waals surface area contributed by atoms with E-state index in [0.29, 0.717) is 4.90 Å². The molecule has 1 rings (SSSR count). The van der Waals surface area contributed by atoms with Crippen LogP contribution >= 0.6 is 0 Å². The van der Waals surface area contributed by atoms with E-state index in [1.807, 2.05) is 0 Å². The second-order valence-electron chi connectivity index (χ2n) is 3.33. The molecule has 0 aromatic heterocycles. The van der Waals surface area contributed by atoms with Gasteiger partial charge in [-0.2, -0.15) is 0 Å². The lowest BCUT2D eigenvalue weighted by Gasteiger charge is -2.11. The van der Waals surface area contributed by atoms with Gasteiger partial charge in [-0.3, -0.25) is 19.3 Å². The standard InChI is InChI=1S/C9H12N2O6/c1-2-17-7(14)4-11-8(15)5(3-6(12)13)10-9(11)16/h5H,2-4H2,1H3,(H,10,16)(H,12,13)/t5-/m0/s1. The molecule has 1 saturated heterocycles. The summed E-state index contributed by atoms with van der Waals surface area (Å²) in [5, 5.41) is 10.7. The van der Waals surface area contributed by atoms with Gasteiger partial charge < -0.3 is 15.2 Å². The van der Waals surface area contributed by atoms with E-state index in [-0.39, 0.29) is 6.61 Å². The Morgan fingerprint density at radius 3 is 2.65 bits per heavy atom. The van der Waals surface area contributed by atoms with E-state index >= 15 is 0 Å². The largest absolute Gasteiger partial charge is 0.481 e. The van der Waals surface area contributed by atoms with Gasteiger partial charge >= 0.3 is 18.0 Å². The van der Waals surface area contributed by atoms with Crippen LogP contribution in [0.5, 0.6) is 0 Å². The Kier molecular flexibility index (Phi) is 4.02. The van der Waals surface area contributed by atoms with Gasteiger partial charge in [-0.25, -0.2) is 4.79 Å². The summed E-state index contributed by atoms with van der Waals surface area (Å²) in [6.45, 7) is 1.23. The van der Waals surface area contributed by atoms with Crippen LogP contribution in [0, 0.1) is 0 Å². The number of carbonyl (C=O) groups is 4. The molecule has 0 saturated carbocycles. The highest BCUT2D eigenvalue weighted by molar-refractivity contribution is 6.07. The first-order chi connectivity index (χ1) is 7.95. The molecule has 1 aliphatic heterocycles. The minimum absolute atomic E-state index is 0.140. The van der Waals surface area contributed by atoms with Crippen molar-refractivity contribution in [3.63, 3.8) is 0 Å². The highest BCUT2D eigenvalue weighted by Crippen LogP contribution is 2.09. The van der Waals surface area contributed by atoms with Gasteiger partial charge in [-0.15, -0.1) is 0 Å². The van der Waals surface area contributed by atoms with Crippen molar-refractivity contribution in [2.75, 3.05) is 13.2 Å². The zero-order chi connectivity index (χ0) is 13.0. The summed E-state index contributed by atoms with van der Waals surface area (Å²) in [5.41, 5.74) is 0. The molecule has 1 atom stereocenters. The molecule has 3 amide bonds. The van der Waals surface area contributed by atoms with Crippen LogP contribution in [0.4, 0.5) is 4.79 Å². The third-order valence-electron chi connectivity index (χ3n) is 2.08. The summed E-state index contributed by atoms with van der Waals surface area (Å²) in [6, 6.07) is -1.90. The van der Waals surface area contributed by atoms with Crippen LogP contribution in [0.15, 0.2) is 0 Å². The summed E-state index contributed by atoms with van der Waals surface area (Å²) < 4.78 is 4.59. The summed E-state index contributed by atoms with van der Waals surface area (Å²) in [5.74, 6) is -2.65. The number of rotatable bonds is 5. The summed E-state index contributed by atoms with van der Waals surface area (Å²) in [6.07, 6.45) is -0.510. The molecule has 2 N–H and O–H groups in total. The maximum atomic E-state index is 11.6. The van der Waals surface area contributed by atoms with Crippen molar-refractivity contribution in [3.05, 3.63) is 0 Å². The molecule has 8 heteroatoms. The van der Waals surface area contributed by atoms with Gasteiger partial charge in [0.05, 0.1) is 13.0 Å². The number of imide groups is 1. The van der Waals surface area contributed by atoms with Gasteiger partial charge in [0.15, 0.2) is 0 Å². The number of hydrogen-bond acceptors (Lipinski definition) is 5. The van der Waals surface area contributed by atoms with E-state index in [0.717, 1.165) is 0 Å². The number of urea groups is 1. The molecule has 0 radical (unpaired) electrons. The molecule has 94 valence electrons. The fraction of sp³-hybridized carbons (Fsp3) is 0.556. The molecular weight excluding hydrogens is 232 g/mol. The van der Waals surface area contributed by atoms with Gasteiger partial charge in [0.25, 0.3) is 5.91 Å². The van der Waals surface area contributed by atoms with Crippen molar-refractivity contribution in [1.29, 1.82) is 0 Å². The van der Waals surface area contributed by atoms with E-state index < -0.39 is 42.9 Å². The third kappa shape index (κ3) is 3.16. The van der Waals surface area contributed by atoms with Crippen LogP contribution in [0.1, 0.15) is 13.3 Å². The average molecular weight is 244 g/mol. The lowest BCUT2D eigenvalue weighted by atomic mass is 10.2. The molecule has 0 spiro atoms. The number of ether oxygens (including phenoxy) is 1. The Bertz CT molecular complexity index is 366. The molecule has 1 aliphatic rings. The zero-order valence-corrected chi connectivity index (χ0v) is 9.13. The number of aliphatic carboxylic acids is 1. The molecule has 0 unspecified atom stereocenters. The van der Waals surface area contributed by atoms with Crippen LogP contribution in [0.2, 0.25) is 0 Å². The van der Waals surface area contributed by atoms with Gasteiger partial charge in [-0.05, 0) is 6.92 Å². The maximum Gasteiger partial charge on any atom is 0.326 e.